The van der Waals surface area contributed by atoms with Crippen LogP contribution in [0.3, 0.4) is 0 Å². The Morgan fingerprint density at radius 2 is 1.48 bits per heavy atom. The molecule has 0 aromatic carbocycles. The minimum atomic E-state index is 0.177. The highest BCUT2D eigenvalue weighted by Gasteiger charge is 2.01. The normalized spacial score (nSPS) is 11.6. The Morgan fingerprint density at radius 3 is 2.10 bits per heavy atom. The Morgan fingerprint density at radius 1 is 0.871 bits per heavy atom. The molecule has 0 bridgehead atoms. The molecule has 0 aliphatic rings. The zero-order chi connectivity index (χ0) is 22.2. The van der Waals surface area contributed by atoms with E-state index < -0.39 is 0 Å². The van der Waals surface area contributed by atoms with E-state index in [1.807, 2.05) is 0 Å². The van der Waals surface area contributed by atoms with E-state index in [0.717, 1.165) is 25.0 Å². The number of H-pyrrole nitrogens is 1. The topological polar surface area (TPSA) is 57.8 Å². The highest BCUT2D eigenvalue weighted by molar-refractivity contribution is 5.75. The summed E-state index contributed by atoms with van der Waals surface area (Å²) in [5.41, 5.74) is 1.07. The standard InChI is InChI=1S/C27H47N3O/c1-2-3-4-5-6-7-8-9-10-11-12-13-14-15-16-17-18-19-20-21-27(31)29-23-22-26-24-28-25-30-26/h6-7,9-10,24-25H,2-5,8,11-23H2,1H3,(H,28,30)(H,29,31)/b7-6-,10-9-. The molecule has 2 N–H and O–H groups in total. The van der Waals surface area contributed by atoms with Gasteiger partial charge in [0.1, 0.15) is 0 Å². The lowest BCUT2D eigenvalue weighted by atomic mass is 10.1. The second kappa shape index (κ2) is 21.4. The molecule has 31 heavy (non-hydrogen) atoms. The SMILES string of the molecule is CCCCC/C=C\C/C=C\CCCCCCCCCCCC(=O)NCCc1cnc[nH]1. The van der Waals surface area contributed by atoms with Crippen molar-refractivity contribution in [1.82, 2.24) is 15.3 Å². The van der Waals surface area contributed by atoms with Gasteiger partial charge in [0.15, 0.2) is 0 Å². The second-order valence-corrected chi connectivity index (χ2v) is 8.57. The Kier molecular flexibility index (Phi) is 18.8. The first kappa shape index (κ1) is 27.2. The van der Waals surface area contributed by atoms with Crippen molar-refractivity contribution in [3.63, 3.8) is 0 Å². The summed E-state index contributed by atoms with van der Waals surface area (Å²) in [4.78, 5) is 18.8. The molecule has 1 rings (SSSR count). The van der Waals surface area contributed by atoms with Gasteiger partial charge in [0, 0.05) is 31.3 Å². The van der Waals surface area contributed by atoms with Gasteiger partial charge in [-0.05, 0) is 38.5 Å². The van der Waals surface area contributed by atoms with Crippen LogP contribution in [0.15, 0.2) is 36.8 Å². The number of nitrogens with one attached hydrogen (secondary N) is 2. The molecule has 0 spiro atoms. The van der Waals surface area contributed by atoms with Crippen LogP contribution in [0.2, 0.25) is 0 Å². The summed E-state index contributed by atoms with van der Waals surface area (Å²) in [6, 6.07) is 0. The van der Waals surface area contributed by atoms with Gasteiger partial charge in [-0.3, -0.25) is 4.79 Å². The van der Waals surface area contributed by atoms with E-state index in [4.69, 9.17) is 0 Å². The van der Waals surface area contributed by atoms with Crippen molar-refractivity contribution >= 4 is 5.91 Å². The van der Waals surface area contributed by atoms with Gasteiger partial charge in [-0.25, -0.2) is 4.98 Å². The van der Waals surface area contributed by atoms with E-state index in [9.17, 15) is 4.79 Å². The van der Waals surface area contributed by atoms with Crippen molar-refractivity contribution in [3.8, 4) is 0 Å². The maximum Gasteiger partial charge on any atom is 0.220 e. The largest absolute Gasteiger partial charge is 0.356 e. The number of hydrogen-bond acceptors (Lipinski definition) is 2. The number of carbonyl (C=O) groups excluding carboxylic acids is 1. The Balaban J connectivity index is 1.75. The molecule has 1 amide bonds. The van der Waals surface area contributed by atoms with E-state index in [2.05, 4.69) is 46.5 Å². The minimum Gasteiger partial charge on any atom is -0.356 e. The van der Waals surface area contributed by atoms with Crippen LogP contribution in [0.4, 0.5) is 0 Å². The van der Waals surface area contributed by atoms with Crippen LogP contribution < -0.4 is 5.32 Å². The maximum atomic E-state index is 11.8. The summed E-state index contributed by atoms with van der Waals surface area (Å²) in [5, 5.41) is 2.98. The summed E-state index contributed by atoms with van der Waals surface area (Å²) in [6.45, 7) is 2.94. The molecule has 0 atom stereocenters. The van der Waals surface area contributed by atoms with Crippen LogP contribution in [-0.4, -0.2) is 22.4 Å². The Labute approximate surface area is 191 Å². The summed E-state index contributed by atoms with van der Waals surface area (Å²) in [6.07, 6.45) is 33.3. The molecular formula is C27H47N3O. The third kappa shape index (κ3) is 18.6. The summed E-state index contributed by atoms with van der Waals surface area (Å²) >= 11 is 0. The number of imidazole rings is 1. The van der Waals surface area contributed by atoms with E-state index >= 15 is 0 Å². The summed E-state index contributed by atoms with van der Waals surface area (Å²) in [5.74, 6) is 0.177. The molecule has 0 saturated heterocycles. The van der Waals surface area contributed by atoms with Gasteiger partial charge in [-0.1, -0.05) is 89.0 Å². The maximum absolute atomic E-state index is 11.8. The fourth-order valence-corrected chi connectivity index (χ4v) is 3.65. The first-order chi connectivity index (χ1) is 15.3. The number of hydrogen-bond donors (Lipinski definition) is 2. The number of rotatable bonds is 21. The molecule has 4 heteroatoms. The van der Waals surface area contributed by atoms with Crippen LogP contribution in [0.25, 0.3) is 0 Å². The van der Waals surface area contributed by atoms with Gasteiger partial charge < -0.3 is 10.3 Å². The molecule has 0 aliphatic heterocycles. The molecule has 1 heterocycles. The predicted molar refractivity (Wildman–Crippen MR) is 133 cm³/mol. The summed E-state index contributed by atoms with van der Waals surface area (Å²) < 4.78 is 0. The first-order valence-corrected chi connectivity index (χ1v) is 12.9. The van der Waals surface area contributed by atoms with Crippen molar-refractivity contribution in [3.05, 3.63) is 42.5 Å². The number of aromatic amines is 1. The third-order valence-corrected chi connectivity index (χ3v) is 5.63. The van der Waals surface area contributed by atoms with Crippen molar-refractivity contribution < 1.29 is 4.79 Å². The lowest BCUT2D eigenvalue weighted by Crippen LogP contribution is -2.25. The highest BCUT2D eigenvalue weighted by Crippen LogP contribution is 2.11. The number of carbonyl (C=O) groups is 1. The zero-order valence-corrected chi connectivity index (χ0v) is 20.0. The van der Waals surface area contributed by atoms with Gasteiger partial charge in [0.2, 0.25) is 5.91 Å². The summed E-state index contributed by atoms with van der Waals surface area (Å²) in [7, 11) is 0. The van der Waals surface area contributed by atoms with Gasteiger partial charge in [0.25, 0.3) is 0 Å². The van der Waals surface area contributed by atoms with Crippen LogP contribution >= 0.6 is 0 Å². The van der Waals surface area contributed by atoms with Gasteiger partial charge in [-0.2, -0.15) is 0 Å². The van der Waals surface area contributed by atoms with E-state index in [1.54, 1.807) is 12.5 Å². The molecule has 176 valence electrons. The average molecular weight is 430 g/mol. The smallest absolute Gasteiger partial charge is 0.220 e. The molecule has 0 radical (unpaired) electrons. The quantitative estimate of drug-likeness (QED) is 0.157. The van der Waals surface area contributed by atoms with Gasteiger partial charge >= 0.3 is 0 Å². The fourth-order valence-electron chi connectivity index (χ4n) is 3.65. The highest BCUT2D eigenvalue weighted by atomic mass is 16.1. The van der Waals surface area contributed by atoms with E-state index in [-0.39, 0.29) is 5.91 Å². The van der Waals surface area contributed by atoms with Crippen molar-refractivity contribution in [2.45, 2.75) is 116 Å². The number of nitrogens with zero attached hydrogens (tertiary/aromatic N) is 1. The van der Waals surface area contributed by atoms with E-state index in [0.29, 0.717) is 13.0 Å². The Bertz CT molecular complexity index is 563. The predicted octanol–water partition coefficient (Wildman–Crippen LogP) is 7.44. The Hall–Kier alpha value is -1.84. The van der Waals surface area contributed by atoms with Gasteiger partial charge in [-0.15, -0.1) is 0 Å². The van der Waals surface area contributed by atoms with Crippen molar-refractivity contribution in [2.24, 2.45) is 0 Å². The third-order valence-electron chi connectivity index (χ3n) is 5.63. The number of allylic oxidation sites excluding steroid dienone is 4. The zero-order valence-electron chi connectivity index (χ0n) is 20.0. The molecule has 0 aliphatic carbocycles. The number of unbranched alkanes of at least 4 members (excludes halogenated alkanes) is 12. The minimum absolute atomic E-state index is 0.177. The van der Waals surface area contributed by atoms with E-state index in [1.165, 1.54) is 83.5 Å². The molecule has 1 aromatic heterocycles. The second-order valence-electron chi connectivity index (χ2n) is 8.57. The lowest BCUT2D eigenvalue weighted by molar-refractivity contribution is -0.121. The van der Waals surface area contributed by atoms with Crippen molar-refractivity contribution in [1.29, 1.82) is 0 Å². The average Bonchev–Trinajstić information content (AvgIpc) is 3.29. The van der Waals surface area contributed by atoms with Crippen LogP contribution in [-0.2, 0) is 11.2 Å². The monoisotopic (exact) mass is 429 g/mol. The van der Waals surface area contributed by atoms with Crippen LogP contribution in [0.5, 0.6) is 0 Å². The molecular weight excluding hydrogens is 382 g/mol. The molecule has 0 fully saturated rings. The number of amides is 1. The molecule has 0 unspecified atom stereocenters. The van der Waals surface area contributed by atoms with Crippen LogP contribution in [0.1, 0.15) is 115 Å². The molecule has 4 nitrogen and oxygen atoms in total. The lowest BCUT2D eigenvalue weighted by Gasteiger charge is -2.05. The molecule has 1 aromatic rings. The van der Waals surface area contributed by atoms with Crippen LogP contribution in [0, 0.1) is 0 Å². The first-order valence-electron chi connectivity index (χ1n) is 12.9. The molecule has 0 saturated carbocycles. The van der Waals surface area contributed by atoms with Gasteiger partial charge in [0.05, 0.1) is 6.33 Å². The van der Waals surface area contributed by atoms with Crippen molar-refractivity contribution in [2.75, 3.05) is 6.54 Å². The fraction of sp³-hybridized carbons (Fsp3) is 0.704. The number of aromatic nitrogens is 2.